The molecular formula is C32H37Cl3N4O3. The van der Waals surface area contributed by atoms with Gasteiger partial charge in [-0.05, 0) is 68.3 Å². The van der Waals surface area contributed by atoms with E-state index < -0.39 is 5.97 Å². The molecule has 1 aliphatic heterocycles. The molecule has 3 aromatic rings. The second-order valence-corrected chi connectivity index (χ2v) is 11.7. The minimum atomic E-state index is -0.576. The summed E-state index contributed by atoms with van der Waals surface area (Å²) in [5, 5.41) is 7.49. The van der Waals surface area contributed by atoms with Gasteiger partial charge >= 0.3 is 12.0 Å². The van der Waals surface area contributed by atoms with E-state index in [1.807, 2.05) is 30.3 Å². The lowest BCUT2D eigenvalue weighted by Gasteiger charge is -2.34. The van der Waals surface area contributed by atoms with Crippen LogP contribution >= 0.6 is 34.8 Å². The fourth-order valence-electron chi connectivity index (χ4n) is 5.64. The van der Waals surface area contributed by atoms with Crippen molar-refractivity contribution in [2.24, 2.45) is 0 Å². The number of ether oxygens (including phenoxy) is 1. The molecule has 2 amide bonds. The molecule has 0 fully saturated rings. The number of anilines is 2. The first kappa shape index (κ1) is 32.1. The Morgan fingerprint density at radius 3 is 2.33 bits per heavy atom. The Balaban J connectivity index is 1.80. The number of carbonyl (C=O) groups is 2. The lowest BCUT2D eigenvalue weighted by Crippen LogP contribution is -2.45. The quantitative estimate of drug-likeness (QED) is 0.210. The van der Waals surface area contributed by atoms with E-state index in [9.17, 15) is 9.59 Å². The molecule has 0 aromatic heterocycles. The maximum atomic E-state index is 13.4. The van der Waals surface area contributed by atoms with Crippen molar-refractivity contribution < 1.29 is 14.3 Å². The molecular weight excluding hydrogens is 595 g/mol. The number of hydrogen-bond acceptors (Lipinski definition) is 5. The summed E-state index contributed by atoms with van der Waals surface area (Å²) in [5.41, 5.74) is 4.73. The molecule has 224 valence electrons. The van der Waals surface area contributed by atoms with Crippen molar-refractivity contribution in [3.63, 3.8) is 0 Å². The van der Waals surface area contributed by atoms with Crippen molar-refractivity contribution in [2.45, 2.75) is 59.3 Å². The van der Waals surface area contributed by atoms with Gasteiger partial charge in [-0.2, -0.15) is 0 Å². The Kier molecular flexibility index (Phi) is 10.8. The second kappa shape index (κ2) is 14.1. The van der Waals surface area contributed by atoms with Crippen LogP contribution in [0.4, 0.5) is 16.2 Å². The molecule has 1 atom stereocenters. The largest absolute Gasteiger partial charge is 0.465 e. The molecule has 7 nitrogen and oxygen atoms in total. The molecule has 0 radical (unpaired) electrons. The zero-order chi connectivity index (χ0) is 30.6. The average Bonchev–Trinajstić information content (AvgIpc) is 2.96. The highest BCUT2D eigenvalue weighted by Crippen LogP contribution is 2.45. The summed E-state index contributed by atoms with van der Waals surface area (Å²) in [6.45, 7) is 11.5. The number of halogens is 3. The number of likely N-dealkylation sites (N-methyl/N-ethyl adjacent to an activating group) is 1. The molecule has 0 saturated carbocycles. The first-order valence-electron chi connectivity index (χ1n) is 14.1. The standard InChI is InChI=1S/C32H37Cl3N4O3/c1-6-22(38(7-2)19(3)4)17-36-16-20-12-24(23-10-8-9-11-26(23)33)25-18-37-32(41)39(29(25)13-20)30-27(34)14-21(15-28(30)35)31(40)42-5/h8-15,19,22,36H,6-7,16-18H2,1-5H3,(H,37,41). The third kappa shape index (κ3) is 6.71. The number of rotatable bonds is 11. The van der Waals surface area contributed by atoms with Crippen molar-refractivity contribution in [3.05, 3.63) is 80.3 Å². The molecule has 0 aliphatic carbocycles. The monoisotopic (exact) mass is 630 g/mol. The first-order chi connectivity index (χ1) is 20.1. The maximum absolute atomic E-state index is 13.4. The van der Waals surface area contributed by atoms with Crippen LogP contribution in [0.5, 0.6) is 0 Å². The Labute approximate surface area is 263 Å². The lowest BCUT2D eigenvalue weighted by atomic mass is 9.93. The number of fused-ring (bicyclic) bond motifs is 1. The van der Waals surface area contributed by atoms with Crippen LogP contribution < -0.4 is 15.5 Å². The maximum Gasteiger partial charge on any atom is 0.337 e. The highest BCUT2D eigenvalue weighted by Gasteiger charge is 2.32. The third-order valence-corrected chi connectivity index (χ3v) is 8.56. The third-order valence-electron chi connectivity index (χ3n) is 7.65. The topological polar surface area (TPSA) is 73.9 Å². The zero-order valence-corrected chi connectivity index (χ0v) is 26.8. The summed E-state index contributed by atoms with van der Waals surface area (Å²) in [6.07, 6.45) is 1.03. The molecule has 2 N–H and O–H groups in total. The van der Waals surface area contributed by atoms with E-state index in [4.69, 9.17) is 39.5 Å². The first-order valence-corrected chi connectivity index (χ1v) is 15.3. The van der Waals surface area contributed by atoms with Crippen LogP contribution in [0, 0.1) is 0 Å². The van der Waals surface area contributed by atoms with Gasteiger partial charge in [0.2, 0.25) is 0 Å². The van der Waals surface area contributed by atoms with Gasteiger partial charge in [0.1, 0.15) is 0 Å². The van der Waals surface area contributed by atoms with E-state index in [1.54, 1.807) is 0 Å². The van der Waals surface area contributed by atoms with Gasteiger partial charge < -0.3 is 15.4 Å². The number of urea groups is 1. The summed E-state index contributed by atoms with van der Waals surface area (Å²) in [6, 6.07) is 15.1. The van der Waals surface area contributed by atoms with Crippen LogP contribution in [-0.4, -0.2) is 49.2 Å². The normalized spacial score (nSPS) is 13.8. The number of esters is 1. The molecule has 1 heterocycles. The molecule has 0 saturated heterocycles. The Morgan fingerprint density at radius 1 is 1.05 bits per heavy atom. The van der Waals surface area contributed by atoms with Crippen LogP contribution in [-0.2, 0) is 17.8 Å². The van der Waals surface area contributed by atoms with Gasteiger partial charge in [0.25, 0.3) is 0 Å². The van der Waals surface area contributed by atoms with Crippen molar-refractivity contribution >= 4 is 58.2 Å². The summed E-state index contributed by atoms with van der Waals surface area (Å²) in [7, 11) is 1.28. The lowest BCUT2D eigenvalue weighted by molar-refractivity contribution is 0.0600. The van der Waals surface area contributed by atoms with Gasteiger partial charge in [-0.1, -0.05) is 66.8 Å². The second-order valence-electron chi connectivity index (χ2n) is 10.5. The van der Waals surface area contributed by atoms with Crippen molar-refractivity contribution in [1.29, 1.82) is 0 Å². The Hall–Kier alpha value is -2.81. The highest BCUT2D eigenvalue weighted by atomic mass is 35.5. The molecule has 0 bridgehead atoms. The molecule has 10 heteroatoms. The van der Waals surface area contributed by atoms with Gasteiger partial charge in [-0.25, -0.2) is 9.59 Å². The smallest absolute Gasteiger partial charge is 0.337 e. The fraction of sp³-hybridized carbons (Fsp3) is 0.375. The zero-order valence-electron chi connectivity index (χ0n) is 24.6. The predicted molar refractivity (Wildman–Crippen MR) is 172 cm³/mol. The summed E-state index contributed by atoms with van der Waals surface area (Å²) in [5.74, 6) is -0.576. The van der Waals surface area contributed by atoms with Crippen LogP contribution in [0.2, 0.25) is 15.1 Å². The van der Waals surface area contributed by atoms with Crippen molar-refractivity contribution in [3.8, 4) is 11.1 Å². The van der Waals surface area contributed by atoms with Crippen molar-refractivity contribution in [1.82, 2.24) is 15.5 Å². The highest BCUT2D eigenvalue weighted by molar-refractivity contribution is 6.41. The van der Waals surface area contributed by atoms with E-state index >= 15 is 0 Å². The molecule has 0 spiro atoms. The average molecular weight is 632 g/mol. The SMILES string of the molecule is CCC(CNCc1cc(-c2ccccc2Cl)c2c(c1)N(c1c(Cl)cc(C(=O)OC)cc1Cl)C(=O)NC2)N(CC)C(C)C. The van der Waals surface area contributed by atoms with Crippen LogP contribution in [0.15, 0.2) is 48.5 Å². The number of benzene rings is 3. The summed E-state index contributed by atoms with van der Waals surface area (Å²) in [4.78, 5) is 29.6. The number of carbonyl (C=O) groups excluding carboxylic acids is 2. The molecule has 4 rings (SSSR count). The van der Waals surface area contributed by atoms with Crippen LogP contribution in [0.1, 0.15) is 55.6 Å². The van der Waals surface area contributed by atoms with E-state index in [0.717, 1.165) is 41.8 Å². The summed E-state index contributed by atoms with van der Waals surface area (Å²) >= 11 is 20.0. The number of hydrogen-bond donors (Lipinski definition) is 2. The van der Waals surface area contributed by atoms with Gasteiger partial charge in [0, 0.05) is 47.9 Å². The van der Waals surface area contributed by atoms with Gasteiger partial charge in [0.05, 0.1) is 34.1 Å². The van der Waals surface area contributed by atoms with Gasteiger partial charge in [-0.3, -0.25) is 9.80 Å². The van der Waals surface area contributed by atoms with Crippen LogP contribution in [0.3, 0.4) is 0 Å². The molecule has 42 heavy (non-hydrogen) atoms. The van der Waals surface area contributed by atoms with Gasteiger partial charge in [-0.15, -0.1) is 0 Å². The van der Waals surface area contributed by atoms with E-state index in [1.165, 1.54) is 24.1 Å². The number of methoxy groups -OCH3 is 1. The predicted octanol–water partition coefficient (Wildman–Crippen LogP) is 8.06. The minimum absolute atomic E-state index is 0.146. The minimum Gasteiger partial charge on any atom is -0.465 e. The number of amides is 2. The Morgan fingerprint density at radius 2 is 1.74 bits per heavy atom. The summed E-state index contributed by atoms with van der Waals surface area (Å²) < 4.78 is 4.83. The van der Waals surface area contributed by atoms with E-state index in [2.05, 4.69) is 49.3 Å². The van der Waals surface area contributed by atoms with Gasteiger partial charge in [0.15, 0.2) is 0 Å². The number of nitrogens with zero attached hydrogens (tertiary/aromatic N) is 2. The Bertz CT molecular complexity index is 1440. The molecule has 3 aromatic carbocycles. The van der Waals surface area contributed by atoms with Crippen LogP contribution in [0.25, 0.3) is 11.1 Å². The van der Waals surface area contributed by atoms with E-state index in [0.29, 0.717) is 35.9 Å². The van der Waals surface area contributed by atoms with E-state index in [-0.39, 0.29) is 27.3 Å². The molecule has 1 aliphatic rings. The van der Waals surface area contributed by atoms with Crippen molar-refractivity contribution in [2.75, 3.05) is 25.1 Å². The fourth-order valence-corrected chi connectivity index (χ4v) is 6.53. The molecule has 1 unspecified atom stereocenters. The number of nitrogens with one attached hydrogen (secondary N) is 2.